The fraction of sp³-hybridized carbons (Fsp3) is 0.562. The molecule has 0 radical (unpaired) electrons. The minimum absolute atomic E-state index is 0.359. The minimum atomic E-state index is 0.359. The number of hydrogen-bond donors (Lipinski definition) is 0. The van der Waals surface area contributed by atoms with Gasteiger partial charge in [-0.2, -0.15) is 0 Å². The molecular formula is C16H19NO. The molecule has 0 atom stereocenters. The lowest BCUT2D eigenvalue weighted by molar-refractivity contribution is -0.119. The Balaban J connectivity index is 1.75. The number of hydrogen-bond acceptors (Lipinski definition) is 1. The Morgan fingerprint density at radius 2 is 1.67 bits per heavy atom. The van der Waals surface area contributed by atoms with E-state index in [0.29, 0.717) is 18.4 Å². The van der Waals surface area contributed by atoms with Gasteiger partial charge in [0.15, 0.2) is 0 Å². The lowest BCUT2D eigenvalue weighted by Crippen LogP contribution is -2.45. The quantitative estimate of drug-likeness (QED) is 0.796. The van der Waals surface area contributed by atoms with E-state index in [0.717, 1.165) is 18.3 Å². The van der Waals surface area contributed by atoms with Crippen LogP contribution < -0.4 is 4.90 Å². The van der Waals surface area contributed by atoms with E-state index in [4.69, 9.17) is 0 Å². The van der Waals surface area contributed by atoms with Crippen molar-refractivity contribution in [2.24, 2.45) is 11.8 Å². The lowest BCUT2D eigenvalue weighted by Gasteiger charge is -2.36. The number of fused-ring (bicyclic) bond motifs is 1. The SMILES string of the molecule is O=C1CCc2ccccc2N1C(C1CC1)C1CC1. The molecule has 0 bridgehead atoms. The van der Waals surface area contributed by atoms with Crippen LogP contribution in [0.15, 0.2) is 24.3 Å². The van der Waals surface area contributed by atoms with Crippen molar-refractivity contribution in [3.05, 3.63) is 29.8 Å². The van der Waals surface area contributed by atoms with E-state index in [1.807, 2.05) is 0 Å². The standard InChI is InChI=1S/C16H19NO/c18-15-10-9-11-3-1-2-4-14(11)17(15)16(12-5-6-12)13-7-8-13/h1-4,12-13,16H,5-10H2. The number of carbonyl (C=O) groups excluding carboxylic acids is 1. The van der Waals surface area contributed by atoms with Crippen LogP contribution in [0.2, 0.25) is 0 Å². The molecular weight excluding hydrogens is 222 g/mol. The number of amides is 1. The molecule has 1 heterocycles. The molecule has 0 unspecified atom stereocenters. The molecule has 0 aromatic heterocycles. The van der Waals surface area contributed by atoms with Crippen molar-refractivity contribution in [3.63, 3.8) is 0 Å². The average Bonchev–Trinajstić information content (AvgIpc) is 3.27. The largest absolute Gasteiger partial charge is 0.309 e. The maximum absolute atomic E-state index is 12.4. The first-order chi connectivity index (χ1) is 8.84. The van der Waals surface area contributed by atoms with Crippen LogP contribution in [0, 0.1) is 11.8 Å². The van der Waals surface area contributed by atoms with Gasteiger partial charge in [-0.3, -0.25) is 4.79 Å². The number of rotatable bonds is 3. The van der Waals surface area contributed by atoms with E-state index < -0.39 is 0 Å². The lowest BCUT2D eigenvalue weighted by atomic mass is 9.96. The van der Waals surface area contributed by atoms with Crippen molar-refractivity contribution in [2.45, 2.75) is 44.6 Å². The van der Waals surface area contributed by atoms with Crippen LogP contribution in [-0.4, -0.2) is 11.9 Å². The highest BCUT2D eigenvalue weighted by atomic mass is 16.2. The number of carbonyl (C=O) groups is 1. The first kappa shape index (κ1) is 10.6. The Labute approximate surface area is 108 Å². The summed E-state index contributed by atoms with van der Waals surface area (Å²) in [6.45, 7) is 0. The summed E-state index contributed by atoms with van der Waals surface area (Å²) in [4.78, 5) is 14.6. The fourth-order valence-electron chi connectivity index (χ4n) is 3.46. The van der Waals surface area contributed by atoms with Crippen LogP contribution in [-0.2, 0) is 11.2 Å². The normalized spacial score (nSPS) is 23.4. The molecule has 2 fully saturated rings. The third-order valence-electron chi connectivity index (χ3n) is 4.64. The second kappa shape index (κ2) is 3.84. The van der Waals surface area contributed by atoms with E-state index in [1.165, 1.54) is 36.9 Å². The van der Waals surface area contributed by atoms with E-state index in [1.54, 1.807) is 0 Å². The van der Waals surface area contributed by atoms with Gasteiger partial charge in [-0.25, -0.2) is 0 Å². The van der Waals surface area contributed by atoms with Gasteiger partial charge in [-0.05, 0) is 55.6 Å². The summed E-state index contributed by atoms with van der Waals surface area (Å²) in [6.07, 6.45) is 6.93. The molecule has 1 aromatic rings. The van der Waals surface area contributed by atoms with Crippen LogP contribution in [0.3, 0.4) is 0 Å². The van der Waals surface area contributed by atoms with Gasteiger partial charge in [-0.15, -0.1) is 0 Å². The zero-order valence-corrected chi connectivity index (χ0v) is 10.6. The summed E-state index contributed by atoms with van der Waals surface area (Å²) in [7, 11) is 0. The van der Waals surface area contributed by atoms with Gasteiger partial charge in [0.2, 0.25) is 5.91 Å². The second-order valence-electron chi connectivity index (χ2n) is 6.06. The summed E-state index contributed by atoms with van der Waals surface area (Å²) in [6, 6.07) is 9.01. The fourth-order valence-corrected chi connectivity index (χ4v) is 3.46. The molecule has 0 spiro atoms. The molecule has 94 valence electrons. The smallest absolute Gasteiger partial charge is 0.227 e. The van der Waals surface area contributed by atoms with Gasteiger partial charge in [0.25, 0.3) is 0 Å². The number of anilines is 1. The van der Waals surface area contributed by atoms with Crippen LogP contribution in [0.4, 0.5) is 5.69 Å². The Morgan fingerprint density at radius 1 is 1.00 bits per heavy atom. The molecule has 1 aromatic carbocycles. The van der Waals surface area contributed by atoms with Crippen LogP contribution in [0.5, 0.6) is 0 Å². The van der Waals surface area contributed by atoms with E-state index in [-0.39, 0.29) is 0 Å². The van der Waals surface area contributed by atoms with Gasteiger partial charge in [0.1, 0.15) is 0 Å². The summed E-state index contributed by atoms with van der Waals surface area (Å²) >= 11 is 0. The van der Waals surface area contributed by atoms with Gasteiger partial charge < -0.3 is 4.90 Å². The molecule has 2 aliphatic carbocycles. The molecule has 0 saturated heterocycles. The molecule has 4 rings (SSSR count). The minimum Gasteiger partial charge on any atom is -0.309 e. The summed E-state index contributed by atoms with van der Waals surface area (Å²) in [5.74, 6) is 1.93. The van der Waals surface area contributed by atoms with Crippen molar-refractivity contribution in [3.8, 4) is 0 Å². The number of benzene rings is 1. The maximum Gasteiger partial charge on any atom is 0.227 e. The van der Waals surface area contributed by atoms with Gasteiger partial charge in [-0.1, -0.05) is 18.2 Å². The van der Waals surface area contributed by atoms with Crippen molar-refractivity contribution in [1.82, 2.24) is 0 Å². The average molecular weight is 241 g/mol. The Kier molecular flexibility index (Phi) is 2.26. The first-order valence-electron chi connectivity index (χ1n) is 7.24. The topological polar surface area (TPSA) is 20.3 Å². The van der Waals surface area contributed by atoms with Crippen molar-refractivity contribution in [1.29, 1.82) is 0 Å². The van der Waals surface area contributed by atoms with Crippen molar-refractivity contribution >= 4 is 11.6 Å². The summed E-state index contributed by atoms with van der Waals surface area (Å²) < 4.78 is 0. The second-order valence-corrected chi connectivity index (χ2v) is 6.06. The number of aryl methyl sites for hydroxylation is 1. The third-order valence-corrected chi connectivity index (χ3v) is 4.64. The van der Waals surface area contributed by atoms with Crippen molar-refractivity contribution in [2.75, 3.05) is 4.90 Å². The van der Waals surface area contributed by atoms with Crippen LogP contribution in [0.25, 0.3) is 0 Å². The van der Waals surface area contributed by atoms with Crippen LogP contribution >= 0.6 is 0 Å². The molecule has 2 heteroatoms. The summed E-state index contributed by atoms with van der Waals surface area (Å²) in [5, 5.41) is 0. The molecule has 3 aliphatic rings. The van der Waals surface area contributed by atoms with E-state index in [9.17, 15) is 4.79 Å². The number of para-hydroxylation sites is 1. The predicted octanol–water partition coefficient (Wildman–Crippen LogP) is 3.15. The summed E-state index contributed by atoms with van der Waals surface area (Å²) in [5.41, 5.74) is 2.57. The van der Waals surface area contributed by atoms with Crippen LogP contribution in [0.1, 0.15) is 37.7 Å². The van der Waals surface area contributed by atoms with Gasteiger partial charge in [0, 0.05) is 18.2 Å². The highest BCUT2D eigenvalue weighted by molar-refractivity contribution is 5.97. The zero-order chi connectivity index (χ0) is 12.1. The first-order valence-corrected chi connectivity index (χ1v) is 7.24. The maximum atomic E-state index is 12.4. The highest BCUT2D eigenvalue weighted by Crippen LogP contribution is 2.49. The molecule has 1 amide bonds. The zero-order valence-electron chi connectivity index (χ0n) is 10.6. The molecule has 18 heavy (non-hydrogen) atoms. The van der Waals surface area contributed by atoms with E-state index in [2.05, 4.69) is 29.2 Å². The predicted molar refractivity (Wildman–Crippen MR) is 71.5 cm³/mol. The molecule has 0 N–H and O–H groups in total. The van der Waals surface area contributed by atoms with Gasteiger partial charge in [0.05, 0.1) is 0 Å². The molecule has 1 aliphatic heterocycles. The van der Waals surface area contributed by atoms with E-state index >= 15 is 0 Å². The number of nitrogens with zero attached hydrogens (tertiary/aromatic N) is 1. The highest BCUT2D eigenvalue weighted by Gasteiger charge is 2.47. The Hall–Kier alpha value is -1.31. The monoisotopic (exact) mass is 241 g/mol. The molecule has 2 saturated carbocycles. The van der Waals surface area contributed by atoms with Crippen molar-refractivity contribution < 1.29 is 4.79 Å². The molecule has 2 nitrogen and oxygen atoms in total. The van der Waals surface area contributed by atoms with Gasteiger partial charge >= 0.3 is 0 Å². The Morgan fingerprint density at radius 3 is 2.33 bits per heavy atom. The Bertz CT molecular complexity index is 476. The third kappa shape index (κ3) is 1.66.